The standard InChI is InChI=1S/C13H17N3OS2/c17-12(15-9-11-4-3-5-14-8-11)10-19-13(18)16-6-1-2-7-16/h3-5,8H,1-2,6-7,9-10H2,(H,15,17). The lowest BCUT2D eigenvalue weighted by molar-refractivity contribution is -0.118. The lowest BCUT2D eigenvalue weighted by Crippen LogP contribution is -2.28. The number of pyridine rings is 1. The SMILES string of the molecule is O=C(CSC(=S)N1CCCC1)NCc1cccnc1. The summed E-state index contributed by atoms with van der Waals surface area (Å²) in [5.41, 5.74) is 1.00. The predicted molar refractivity (Wildman–Crippen MR) is 81.9 cm³/mol. The summed E-state index contributed by atoms with van der Waals surface area (Å²) >= 11 is 6.76. The Balaban J connectivity index is 1.65. The first-order valence-corrected chi connectivity index (χ1v) is 7.72. The summed E-state index contributed by atoms with van der Waals surface area (Å²) in [4.78, 5) is 17.9. The van der Waals surface area contributed by atoms with Crippen LogP contribution in [0.4, 0.5) is 0 Å². The van der Waals surface area contributed by atoms with Gasteiger partial charge in [-0.05, 0) is 24.5 Å². The number of carbonyl (C=O) groups excluding carboxylic acids is 1. The second-order valence-electron chi connectivity index (χ2n) is 4.39. The zero-order chi connectivity index (χ0) is 13.5. The van der Waals surface area contributed by atoms with Gasteiger partial charge in [0.05, 0.1) is 5.75 Å². The maximum atomic E-state index is 11.7. The van der Waals surface area contributed by atoms with E-state index < -0.39 is 0 Å². The van der Waals surface area contributed by atoms with E-state index in [1.165, 1.54) is 24.6 Å². The van der Waals surface area contributed by atoms with Crippen LogP contribution in [0.25, 0.3) is 0 Å². The van der Waals surface area contributed by atoms with Gasteiger partial charge in [0.25, 0.3) is 0 Å². The molecular weight excluding hydrogens is 278 g/mol. The first kappa shape index (κ1) is 14.3. The topological polar surface area (TPSA) is 45.2 Å². The van der Waals surface area contributed by atoms with Gasteiger partial charge in [0.15, 0.2) is 0 Å². The summed E-state index contributed by atoms with van der Waals surface area (Å²) in [5.74, 6) is 0.394. The molecule has 6 heteroatoms. The largest absolute Gasteiger partial charge is 0.358 e. The van der Waals surface area contributed by atoms with E-state index in [1.807, 2.05) is 12.1 Å². The summed E-state index contributed by atoms with van der Waals surface area (Å²) in [6, 6.07) is 3.80. The Labute approximate surface area is 123 Å². The van der Waals surface area contributed by atoms with Crippen LogP contribution in [0.15, 0.2) is 24.5 Å². The molecule has 0 bridgehead atoms. The Kier molecular flexibility index (Phi) is 5.60. The Morgan fingerprint density at radius 2 is 2.26 bits per heavy atom. The lowest BCUT2D eigenvalue weighted by Gasteiger charge is -2.17. The monoisotopic (exact) mass is 295 g/mol. The molecule has 2 heterocycles. The Bertz CT molecular complexity index is 433. The van der Waals surface area contributed by atoms with Crippen molar-refractivity contribution in [1.29, 1.82) is 0 Å². The number of thioether (sulfide) groups is 1. The van der Waals surface area contributed by atoms with Crippen LogP contribution in [0.1, 0.15) is 18.4 Å². The fourth-order valence-electron chi connectivity index (χ4n) is 1.87. The zero-order valence-electron chi connectivity index (χ0n) is 10.7. The van der Waals surface area contributed by atoms with Gasteiger partial charge in [-0.3, -0.25) is 9.78 Å². The second kappa shape index (κ2) is 7.45. The van der Waals surface area contributed by atoms with Gasteiger partial charge in [0, 0.05) is 32.0 Å². The van der Waals surface area contributed by atoms with E-state index in [-0.39, 0.29) is 5.91 Å². The van der Waals surface area contributed by atoms with Crippen molar-refractivity contribution in [2.24, 2.45) is 0 Å². The highest BCUT2D eigenvalue weighted by Crippen LogP contribution is 2.15. The number of amides is 1. The molecule has 1 aromatic rings. The smallest absolute Gasteiger partial charge is 0.230 e. The van der Waals surface area contributed by atoms with E-state index in [0.29, 0.717) is 12.3 Å². The first-order chi connectivity index (χ1) is 9.25. The predicted octanol–water partition coefficient (Wildman–Crippen LogP) is 1.81. The van der Waals surface area contributed by atoms with Crippen LogP contribution in [0.2, 0.25) is 0 Å². The normalized spacial score (nSPS) is 14.4. The number of carbonyl (C=O) groups is 1. The van der Waals surface area contributed by atoms with Gasteiger partial charge in [-0.25, -0.2) is 0 Å². The van der Waals surface area contributed by atoms with Crippen molar-refractivity contribution in [1.82, 2.24) is 15.2 Å². The molecule has 0 aromatic carbocycles. The minimum absolute atomic E-state index is 0.00963. The van der Waals surface area contributed by atoms with Crippen molar-refractivity contribution < 1.29 is 4.79 Å². The molecule has 0 aliphatic carbocycles. The maximum Gasteiger partial charge on any atom is 0.230 e. The van der Waals surface area contributed by atoms with Gasteiger partial charge >= 0.3 is 0 Å². The van der Waals surface area contributed by atoms with Crippen molar-refractivity contribution in [3.05, 3.63) is 30.1 Å². The van der Waals surface area contributed by atoms with E-state index in [4.69, 9.17) is 12.2 Å². The number of aromatic nitrogens is 1. The van der Waals surface area contributed by atoms with Crippen molar-refractivity contribution >= 4 is 34.2 Å². The lowest BCUT2D eigenvalue weighted by atomic mass is 10.3. The Morgan fingerprint density at radius 3 is 2.95 bits per heavy atom. The molecule has 0 radical (unpaired) electrons. The van der Waals surface area contributed by atoms with E-state index in [1.54, 1.807) is 12.4 Å². The van der Waals surface area contributed by atoms with Crippen LogP contribution in [0, 0.1) is 0 Å². The molecule has 19 heavy (non-hydrogen) atoms. The third-order valence-electron chi connectivity index (χ3n) is 2.90. The number of rotatable bonds is 4. The Hall–Kier alpha value is -1.14. The van der Waals surface area contributed by atoms with Crippen LogP contribution in [0.5, 0.6) is 0 Å². The van der Waals surface area contributed by atoms with Crippen LogP contribution >= 0.6 is 24.0 Å². The highest BCUT2D eigenvalue weighted by Gasteiger charge is 2.15. The molecule has 0 unspecified atom stereocenters. The fraction of sp³-hybridized carbons (Fsp3) is 0.462. The molecule has 1 aliphatic rings. The van der Waals surface area contributed by atoms with Gasteiger partial charge in [-0.15, -0.1) is 0 Å². The minimum atomic E-state index is 0.00963. The number of hydrogen-bond acceptors (Lipinski definition) is 4. The zero-order valence-corrected chi connectivity index (χ0v) is 12.3. The maximum absolute atomic E-state index is 11.7. The summed E-state index contributed by atoms with van der Waals surface area (Å²) in [7, 11) is 0. The number of likely N-dealkylation sites (tertiary alicyclic amines) is 1. The van der Waals surface area contributed by atoms with Gasteiger partial charge in [0.2, 0.25) is 5.91 Å². The highest BCUT2D eigenvalue weighted by atomic mass is 32.2. The quantitative estimate of drug-likeness (QED) is 0.858. The molecule has 0 saturated carbocycles. The number of hydrogen-bond donors (Lipinski definition) is 1. The van der Waals surface area contributed by atoms with Gasteiger partial charge in [-0.1, -0.05) is 30.0 Å². The summed E-state index contributed by atoms with van der Waals surface area (Å²) in [6.45, 7) is 2.58. The molecule has 1 amide bonds. The van der Waals surface area contributed by atoms with E-state index in [0.717, 1.165) is 23.0 Å². The number of nitrogens with zero attached hydrogens (tertiary/aromatic N) is 2. The molecule has 0 spiro atoms. The molecule has 1 fully saturated rings. The van der Waals surface area contributed by atoms with Gasteiger partial charge in [0.1, 0.15) is 4.32 Å². The molecule has 0 atom stereocenters. The molecular formula is C13H17N3OS2. The summed E-state index contributed by atoms with van der Waals surface area (Å²) in [5, 5.41) is 2.87. The molecule has 1 saturated heterocycles. The van der Waals surface area contributed by atoms with E-state index in [9.17, 15) is 4.79 Å². The third-order valence-corrected chi connectivity index (χ3v) is 4.43. The number of nitrogens with one attached hydrogen (secondary N) is 1. The van der Waals surface area contributed by atoms with Crippen LogP contribution in [-0.2, 0) is 11.3 Å². The molecule has 2 rings (SSSR count). The third kappa shape index (κ3) is 4.80. The van der Waals surface area contributed by atoms with E-state index >= 15 is 0 Å². The molecule has 1 N–H and O–H groups in total. The average Bonchev–Trinajstić information content (AvgIpc) is 2.98. The van der Waals surface area contributed by atoms with Crippen molar-refractivity contribution in [3.63, 3.8) is 0 Å². The average molecular weight is 295 g/mol. The van der Waals surface area contributed by atoms with Gasteiger partial charge < -0.3 is 10.2 Å². The van der Waals surface area contributed by atoms with Crippen molar-refractivity contribution in [3.8, 4) is 0 Å². The molecule has 1 aromatic heterocycles. The minimum Gasteiger partial charge on any atom is -0.358 e. The Morgan fingerprint density at radius 1 is 1.47 bits per heavy atom. The summed E-state index contributed by atoms with van der Waals surface area (Å²) in [6.07, 6.45) is 5.87. The highest BCUT2D eigenvalue weighted by molar-refractivity contribution is 8.23. The molecule has 1 aliphatic heterocycles. The van der Waals surface area contributed by atoms with E-state index in [2.05, 4.69) is 15.2 Å². The second-order valence-corrected chi connectivity index (χ2v) is 6.00. The van der Waals surface area contributed by atoms with Crippen LogP contribution in [-0.4, -0.2) is 39.0 Å². The fourth-order valence-corrected chi connectivity index (χ4v) is 2.95. The number of thiocarbonyl (C=S) groups is 1. The van der Waals surface area contributed by atoms with Crippen LogP contribution in [0.3, 0.4) is 0 Å². The van der Waals surface area contributed by atoms with Gasteiger partial charge in [-0.2, -0.15) is 0 Å². The molecule has 4 nitrogen and oxygen atoms in total. The molecule has 102 valence electrons. The first-order valence-electron chi connectivity index (χ1n) is 6.33. The van der Waals surface area contributed by atoms with Crippen LogP contribution < -0.4 is 5.32 Å². The van der Waals surface area contributed by atoms with Crippen molar-refractivity contribution in [2.45, 2.75) is 19.4 Å². The summed E-state index contributed by atoms with van der Waals surface area (Å²) < 4.78 is 0.842. The van der Waals surface area contributed by atoms with Crippen molar-refractivity contribution in [2.75, 3.05) is 18.8 Å².